The highest BCUT2D eigenvalue weighted by Gasteiger charge is 2.09. The second-order valence-corrected chi connectivity index (χ2v) is 5.94. The van der Waals surface area contributed by atoms with Gasteiger partial charge in [0.1, 0.15) is 5.69 Å². The van der Waals surface area contributed by atoms with E-state index in [9.17, 15) is 4.79 Å². The molecule has 1 amide bonds. The molecule has 0 aliphatic rings. The number of H-pyrrole nitrogens is 1. The van der Waals surface area contributed by atoms with Crippen LogP contribution in [0.1, 0.15) is 24.3 Å². The molecule has 108 valence electrons. The molecule has 0 saturated carbocycles. The lowest BCUT2D eigenvalue weighted by Crippen LogP contribution is -2.34. The number of rotatable bonds is 6. The Labute approximate surface area is 133 Å². The lowest BCUT2D eigenvalue weighted by Gasteiger charge is -2.17. The number of nitrogens with zero attached hydrogens (tertiary/aromatic N) is 1. The van der Waals surface area contributed by atoms with E-state index in [0.29, 0.717) is 12.2 Å². The minimum Gasteiger partial charge on any atom is -0.351 e. The molecule has 2 N–H and O–H groups in total. The summed E-state index contributed by atoms with van der Waals surface area (Å²) in [6.07, 6.45) is 0. The average molecular weight is 385 g/mol. The molecule has 1 aromatic carbocycles. The largest absolute Gasteiger partial charge is 0.351 e. The van der Waals surface area contributed by atoms with Gasteiger partial charge in [0.15, 0.2) is 0 Å². The SMILES string of the molecule is CCN(CC)CCNC(=O)c1cc2cc(I)ccc2[nH]1. The zero-order valence-corrected chi connectivity index (χ0v) is 14.0. The summed E-state index contributed by atoms with van der Waals surface area (Å²) in [4.78, 5) is 17.5. The van der Waals surface area contributed by atoms with E-state index in [4.69, 9.17) is 0 Å². The third kappa shape index (κ3) is 3.73. The molecule has 2 rings (SSSR count). The molecule has 0 saturated heterocycles. The van der Waals surface area contributed by atoms with E-state index in [1.165, 1.54) is 3.57 Å². The molecular formula is C15H20IN3O. The van der Waals surface area contributed by atoms with Crippen molar-refractivity contribution in [3.63, 3.8) is 0 Å². The molecule has 1 heterocycles. The van der Waals surface area contributed by atoms with Crippen molar-refractivity contribution >= 4 is 39.4 Å². The molecule has 5 heteroatoms. The van der Waals surface area contributed by atoms with Gasteiger partial charge in [0, 0.05) is 27.6 Å². The van der Waals surface area contributed by atoms with Crippen molar-refractivity contribution < 1.29 is 4.79 Å². The number of carbonyl (C=O) groups excluding carboxylic acids is 1. The number of benzene rings is 1. The summed E-state index contributed by atoms with van der Waals surface area (Å²) < 4.78 is 1.17. The predicted octanol–water partition coefficient (Wildman–Crippen LogP) is 2.84. The molecule has 20 heavy (non-hydrogen) atoms. The van der Waals surface area contributed by atoms with Crippen LogP contribution in [0.2, 0.25) is 0 Å². The summed E-state index contributed by atoms with van der Waals surface area (Å²) in [5, 5.41) is 4.03. The molecule has 4 nitrogen and oxygen atoms in total. The van der Waals surface area contributed by atoms with Gasteiger partial charge in [-0.25, -0.2) is 0 Å². The number of hydrogen-bond acceptors (Lipinski definition) is 2. The summed E-state index contributed by atoms with van der Waals surface area (Å²) in [7, 11) is 0. The molecule has 0 fully saturated rings. The van der Waals surface area contributed by atoms with Crippen LogP contribution in [0.25, 0.3) is 10.9 Å². The molecule has 0 aliphatic carbocycles. The normalized spacial score (nSPS) is 11.2. The quantitative estimate of drug-likeness (QED) is 0.752. The number of nitrogens with one attached hydrogen (secondary N) is 2. The Kier molecular flexibility index (Phi) is 5.42. The maximum atomic E-state index is 12.1. The van der Waals surface area contributed by atoms with E-state index in [0.717, 1.165) is 30.5 Å². The molecule has 0 spiro atoms. The monoisotopic (exact) mass is 385 g/mol. The number of halogens is 1. The van der Waals surface area contributed by atoms with Gasteiger partial charge in [-0.2, -0.15) is 0 Å². The molecule has 0 unspecified atom stereocenters. The van der Waals surface area contributed by atoms with Crippen molar-refractivity contribution in [2.45, 2.75) is 13.8 Å². The van der Waals surface area contributed by atoms with Crippen molar-refractivity contribution in [3.8, 4) is 0 Å². The standard InChI is InChI=1S/C15H20IN3O/c1-3-19(4-2)8-7-17-15(20)14-10-11-9-12(16)5-6-13(11)18-14/h5-6,9-10,18H,3-4,7-8H2,1-2H3,(H,17,20). The number of hydrogen-bond donors (Lipinski definition) is 2. The zero-order valence-electron chi connectivity index (χ0n) is 11.9. The van der Waals surface area contributed by atoms with Crippen LogP contribution in [-0.2, 0) is 0 Å². The Bertz CT molecular complexity index is 590. The summed E-state index contributed by atoms with van der Waals surface area (Å²) in [6, 6.07) is 8.01. The van der Waals surface area contributed by atoms with Crippen LogP contribution in [-0.4, -0.2) is 42.0 Å². The highest BCUT2D eigenvalue weighted by atomic mass is 127. The van der Waals surface area contributed by atoms with Gasteiger partial charge in [0.25, 0.3) is 5.91 Å². The van der Waals surface area contributed by atoms with Crippen LogP contribution < -0.4 is 5.32 Å². The Hall–Kier alpha value is -1.08. The first kappa shape index (κ1) is 15.3. The highest BCUT2D eigenvalue weighted by Crippen LogP contribution is 2.18. The Morgan fingerprint density at radius 2 is 2.05 bits per heavy atom. The smallest absolute Gasteiger partial charge is 0.267 e. The van der Waals surface area contributed by atoms with Crippen LogP contribution in [0.5, 0.6) is 0 Å². The fraction of sp³-hybridized carbons (Fsp3) is 0.400. The second-order valence-electron chi connectivity index (χ2n) is 4.70. The molecule has 2 aromatic rings. The maximum absolute atomic E-state index is 12.1. The lowest BCUT2D eigenvalue weighted by atomic mass is 10.2. The number of carbonyl (C=O) groups is 1. The molecule has 0 atom stereocenters. The number of amides is 1. The van der Waals surface area contributed by atoms with Gasteiger partial charge in [0.05, 0.1) is 0 Å². The lowest BCUT2D eigenvalue weighted by molar-refractivity contribution is 0.0945. The van der Waals surface area contributed by atoms with E-state index in [2.05, 4.69) is 57.7 Å². The first-order valence-electron chi connectivity index (χ1n) is 6.92. The summed E-state index contributed by atoms with van der Waals surface area (Å²) in [5.74, 6) is -0.0386. The van der Waals surface area contributed by atoms with E-state index in [1.54, 1.807) is 0 Å². The fourth-order valence-electron chi connectivity index (χ4n) is 2.19. The molecular weight excluding hydrogens is 365 g/mol. The third-order valence-corrected chi connectivity index (χ3v) is 4.11. The van der Waals surface area contributed by atoms with Gasteiger partial charge in [-0.3, -0.25) is 4.79 Å². The van der Waals surface area contributed by atoms with Gasteiger partial charge in [-0.15, -0.1) is 0 Å². The van der Waals surface area contributed by atoms with Crippen molar-refractivity contribution in [1.29, 1.82) is 0 Å². The average Bonchev–Trinajstić information content (AvgIpc) is 2.86. The fourth-order valence-corrected chi connectivity index (χ4v) is 2.70. The van der Waals surface area contributed by atoms with Crippen LogP contribution in [0.3, 0.4) is 0 Å². The molecule has 1 aromatic heterocycles. The van der Waals surface area contributed by atoms with Crippen LogP contribution in [0.15, 0.2) is 24.3 Å². The number of aromatic amines is 1. The van der Waals surface area contributed by atoms with Crippen molar-refractivity contribution in [2.75, 3.05) is 26.2 Å². The topological polar surface area (TPSA) is 48.1 Å². The Morgan fingerprint density at radius 3 is 2.75 bits per heavy atom. The maximum Gasteiger partial charge on any atom is 0.267 e. The first-order chi connectivity index (χ1) is 9.63. The van der Waals surface area contributed by atoms with Gasteiger partial charge in [0.2, 0.25) is 0 Å². The van der Waals surface area contributed by atoms with Crippen molar-refractivity contribution in [2.24, 2.45) is 0 Å². The number of fused-ring (bicyclic) bond motifs is 1. The van der Waals surface area contributed by atoms with Crippen molar-refractivity contribution in [3.05, 3.63) is 33.5 Å². The number of likely N-dealkylation sites (N-methyl/N-ethyl adjacent to an activating group) is 1. The highest BCUT2D eigenvalue weighted by molar-refractivity contribution is 14.1. The second kappa shape index (κ2) is 7.08. The minimum absolute atomic E-state index is 0.0386. The summed E-state index contributed by atoms with van der Waals surface area (Å²) in [6.45, 7) is 7.84. The van der Waals surface area contributed by atoms with Crippen LogP contribution >= 0.6 is 22.6 Å². The van der Waals surface area contributed by atoms with Crippen LogP contribution in [0, 0.1) is 3.57 Å². The molecule has 0 bridgehead atoms. The van der Waals surface area contributed by atoms with Gasteiger partial charge in [-0.05, 0) is 59.9 Å². The zero-order chi connectivity index (χ0) is 14.5. The third-order valence-electron chi connectivity index (χ3n) is 3.44. The van der Waals surface area contributed by atoms with Gasteiger partial charge >= 0.3 is 0 Å². The predicted molar refractivity (Wildman–Crippen MR) is 91.1 cm³/mol. The van der Waals surface area contributed by atoms with Gasteiger partial charge in [-0.1, -0.05) is 13.8 Å². The number of aromatic nitrogens is 1. The molecule has 0 radical (unpaired) electrons. The Balaban J connectivity index is 1.97. The van der Waals surface area contributed by atoms with Crippen LogP contribution in [0.4, 0.5) is 0 Å². The minimum atomic E-state index is -0.0386. The van der Waals surface area contributed by atoms with E-state index >= 15 is 0 Å². The Morgan fingerprint density at radius 1 is 1.30 bits per heavy atom. The summed E-state index contributed by atoms with van der Waals surface area (Å²) >= 11 is 2.27. The van der Waals surface area contributed by atoms with Gasteiger partial charge < -0.3 is 15.2 Å². The first-order valence-corrected chi connectivity index (χ1v) is 8.00. The van der Waals surface area contributed by atoms with Crippen molar-refractivity contribution in [1.82, 2.24) is 15.2 Å². The van der Waals surface area contributed by atoms with E-state index in [-0.39, 0.29) is 5.91 Å². The molecule has 0 aliphatic heterocycles. The van der Waals surface area contributed by atoms with E-state index in [1.807, 2.05) is 18.2 Å². The van der Waals surface area contributed by atoms with E-state index < -0.39 is 0 Å². The summed E-state index contributed by atoms with van der Waals surface area (Å²) in [5.41, 5.74) is 1.63.